The van der Waals surface area contributed by atoms with Crippen LogP contribution in [0.5, 0.6) is 5.88 Å². The Kier molecular flexibility index (Phi) is 3.25. The molecule has 0 atom stereocenters. The Hall–Kier alpha value is -1.64. The number of carbonyl (C=O) groups excluding carboxylic acids is 1. The number of carbonyl (C=O) groups is 1. The van der Waals surface area contributed by atoms with Gasteiger partial charge in [0.15, 0.2) is 0 Å². The first-order valence-corrected chi connectivity index (χ1v) is 6.61. The van der Waals surface area contributed by atoms with Crippen LogP contribution in [0.4, 0.5) is 13.2 Å². The second kappa shape index (κ2) is 4.48. The van der Waals surface area contributed by atoms with E-state index in [9.17, 15) is 26.4 Å². The number of fused-ring (bicyclic) bond motifs is 1. The molecule has 0 amide bonds. The fourth-order valence-corrected chi connectivity index (χ4v) is 2.06. The second-order valence-corrected chi connectivity index (χ2v) is 5.49. The monoisotopic (exact) mass is 295 g/mol. The second-order valence-electron chi connectivity index (χ2n) is 3.95. The number of rotatable bonds is 2. The van der Waals surface area contributed by atoms with Crippen LogP contribution < -0.4 is 4.18 Å². The third-order valence-electron chi connectivity index (χ3n) is 2.55. The van der Waals surface area contributed by atoms with Crippen molar-refractivity contribution in [2.45, 2.75) is 24.8 Å². The predicted octanol–water partition coefficient (Wildman–Crippen LogP) is 1.37. The van der Waals surface area contributed by atoms with E-state index < -0.39 is 21.5 Å². The Morgan fingerprint density at radius 2 is 1.89 bits per heavy atom. The third-order valence-corrected chi connectivity index (χ3v) is 3.51. The zero-order valence-corrected chi connectivity index (χ0v) is 10.2. The van der Waals surface area contributed by atoms with Crippen LogP contribution in [-0.4, -0.2) is 24.7 Å². The molecule has 1 aliphatic rings. The van der Waals surface area contributed by atoms with Crippen LogP contribution in [0.2, 0.25) is 0 Å². The summed E-state index contributed by atoms with van der Waals surface area (Å²) >= 11 is 0. The van der Waals surface area contributed by atoms with Crippen LogP contribution in [0.15, 0.2) is 12.1 Å². The molecular formula is C10H8F3NO4S. The van der Waals surface area contributed by atoms with E-state index in [2.05, 4.69) is 9.17 Å². The highest BCUT2D eigenvalue weighted by Gasteiger charge is 2.48. The largest absolute Gasteiger partial charge is 0.534 e. The van der Waals surface area contributed by atoms with Crippen molar-refractivity contribution in [3.05, 3.63) is 23.4 Å². The minimum absolute atomic E-state index is 0.00545. The molecule has 0 fully saturated rings. The lowest BCUT2D eigenvalue weighted by molar-refractivity contribution is -0.118. The molecular weight excluding hydrogens is 287 g/mol. The van der Waals surface area contributed by atoms with Crippen molar-refractivity contribution in [3.63, 3.8) is 0 Å². The molecule has 0 aliphatic heterocycles. The highest BCUT2D eigenvalue weighted by atomic mass is 32.2. The maximum absolute atomic E-state index is 12.1. The van der Waals surface area contributed by atoms with E-state index in [1.807, 2.05) is 0 Å². The van der Waals surface area contributed by atoms with Gasteiger partial charge in [0.05, 0.1) is 0 Å². The van der Waals surface area contributed by atoms with Gasteiger partial charge < -0.3 is 4.18 Å². The lowest BCUT2D eigenvalue weighted by atomic mass is 9.95. The topological polar surface area (TPSA) is 73.3 Å². The van der Waals surface area contributed by atoms with Crippen LogP contribution in [0, 0.1) is 0 Å². The number of nitrogens with zero attached hydrogens (tertiary/aromatic N) is 1. The molecule has 0 aromatic carbocycles. The van der Waals surface area contributed by atoms with E-state index in [1.165, 1.54) is 6.07 Å². The molecule has 19 heavy (non-hydrogen) atoms. The van der Waals surface area contributed by atoms with Gasteiger partial charge in [0, 0.05) is 24.6 Å². The SMILES string of the molecule is O=C1CCc2nc(OS(=O)(=O)C(F)(F)F)ccc2C1. The van der Waals surface area contributed by atoms with Gasteiger partial charge in [-0.2, -0.15) is 21.6 Å². The fourth-order valence-electron chi connectivity index (χ4n) is 1.65. The van der Waals surface area contributed by atoms with Crippen molar-refractivity contribution in [3.8, 4) is 5.88 Å². The summed E-state index contributed by atoms with van der Waals surface area (Å²) in [6, 6.07) is 2.35. The summed E-state index contributed by atoms with van der Waals surface area (Å²) in [7, 11) is -5.72. The minimum Gasteiger partial charge on any atom is -0.355 e. The quantitative estimate of drug-likeness (QED) is 0.608. The van der Waals surface area contributed by atoms with Gasteiger partial charge in [-0.05, 0) is 12.0 Å². The molecule has 2 rings (SSSR count). The number of aryl methyl sites for hydroxylation is 1. The Morgan fingerprint density at radius 1 is 1.21 bits per heavy atom. The van der Waals surface area contributed by atoms with Crippen molar-refractivity contribution in [2.24, 2.45) is 0 Å². The number of Topliss-reactive ketones (excluding diaryl/α,β-unsaturated/α-hetero) is 1. The molecule has 1 aromatic rings. The lowest BCUT2D eigenvalue weighted by Crippen LogP contribution is -2.28. The van der Waals surface area contributed by atoms with Crippen LogP contribution in [-0.2, 0) is 27.8 Å². The Morgan fingerprint density at radius 3 is 2.53 bits per heavy atom. The summed E-state index contributed by atoms with van der Waals surface area (Å²) in [5.74, 6) is -0.642. The molecule has 1 aromatic heterocycles. The summed E-state index contributed by atoms with van der Waals surface area (Å²) in [4.78, 5) is 14.9. The van der Waals surface area contributed by atoms with E-state index in [4.69, 9.17) is 0 Å². The smallest absolute Gasteiger partial charge is 0.355 e. The van der Waals surface area contributed by atoms with Crippen LogP contribution in [0.1, 0.15) is 17.7 Å². The van der Waals surface area contributed by atoms with Gasteiger partial charge in [-0.25, -0.2) is 4.98 Å². The van der Waals surface area contributed by atoms with Crippen molar-refractivity contribution in [1.82, 2.24) is 4.98 Å². The normalized spacial score (nSPS) is 16.1. The number of ketones is 1. The first-order chi connectivity index (χ1) is 8.69. The standard InChI is InChI=1S/C10H8F3NO4S/c11-10(12,13)19(16,17)18-9-4-1-6-5-7(15)2-3-8(6)14-9/h1,4H,2-3,5H2. The number of hydrogen-bond acceptors (Lipinski definition) is 5. The number of halogens is 3. The summed E-state index contributed by atoms with van der Waals surface area (Å²) in [6.07, 6.45) is 0.640. The summed E-state index contributed by atoms with van der Waals surface area (Å²) < 4.78 is 61.9. The maximum Gasteiger partial charge on any atom is 0.534 e. The van der Waals surface area contributed by atoms with Gasteiger partial charge >= 0.3 is 15.6 Å². The van der Waals surface area contributed by atoms with Gasteiger partial charge in [0.1, 0.15) is 5.78 Å². The van der Waals surface area contributed by atoms with E-state index in [0.29, 0.717) is 11.3 Å². The molecule has 0 spiro atoms. The summed E-state index contributed by atoms with van der Waals surface area (Å²) in [5.41, 5.74) is -4.54. The van der Waals surface area contributed by atoms with Crippen molar-refractivity contribution < 1.29 is 30.6 Å². The number of alkyl halides is 3. The molecule has 0 bridgehead atoms. The molecule has 0 saturated heterocycles. The van der Waals surface area contributed by atoms with Gasteiger partial charge in [-0.15, -0.1) is 0 Å². The molecule has 1 aliphatic carbocycles. The maximum atomic E-state index is 12.1. The molecule has 0 N–H and O–H groups in total. The average Bonchev–Trinajstić information content (AvgIpc) is 2.27. The Balaban J connectivity index is 2.27. The van der Waals surface area contributed by atoms with Crippen LogP contribution in [0.3, 0.4) is 0 Å². The molecule has 1 heterocycles. The molecule has 0 radical (unpaired) electrons. The minimum atomic E-state index is -5.72. The molecule has 9 heteroatoms. The summed E-state index contributed by atoms with van der Waals surface area (Å²) in [5, 5.41) is 0. The van der Waals surface area contributed by atoms with Crippen molar-refractivity contribution in [1.29, 1.82) is 0 Å². The Bertz CT molecular complexity index is 624. The molecule has 5 nitrogen and oxygen atoms in total. The fraction of sp³-hybridized carbons (Fsp3) is 0.400. The summed E-state index contributed by atoms with van der Waals surface area (Å²) in [6.45, 7) is 0. The van der Waals surface area contributed by atoms with Crippen molar-refractivity contribution in [2.75, 3.05) is 0 Å². The highest BCUT2D eigenvalue weighted by Crippen LogP contribution is 2.27. The number of aromatic nitrogens is 1. The van der Waals surface area contributed by atoms with Gasteiger partial charge in [0.2, 0.25) is 5.88 Å². The molecule has 0 saturated carbocycles. The number of pyridine rings is 1. The van der Waals surface area contributed by atoms with E-state index in [-0.39, 0.29) is 25.0 Å². The Labute approximate surface area is 106 Å². The molecule has 0 unspecified atom stereocenters. The zero-order valence-electron chi connectivity index (χ0n) is 9.40. The predicted molar refractivity (Wildman–Crippen MR) is 56.9 cm³/mol. The average molecular weight is 295 g/mol. The first kappa shape index (κ1) is 13.8. The van der Waals surface area contributed by atoms with E-state index in [0.717, 1.165) is 6.07 Å². The van der Waals surface area contributed by atoms with E-state index in [1.54, 1.807) is 0 Å². The van der Waals surface area contributed by atoms with E-state index >= 15 is 0 Å². The third kappa shape index (κ3) is 2.86. The van der Waals surface area contributed by atoms with Gasteiger partial charge in [-0.3, -0.25) is 4.79 Å². The molecule has 104 valence electrons. The lowest BCUT2D eigenvalue weighted by Gasteiger charge is -2.15. The van der Waals surface area contributed by atoms with Crippen molar-refractivity contribution >= 4 is 15.9 Å². The highest BCUT2D eigenvalue weighted by molar-refractivity contribution is 7.87. The van der Waals surface area contributed by atoms with Crippen LogP contribution in [0.25, 0.3) is 0 Å². The van der Waals surface area contributed by atoms with Gasteiger partial charge in [-0.1, -0.05) is 6.07 Å². The zero-order chi connectivity index (χ0) is 14.3. The van der Waals surface area contributed by atoms with Gasteiger partial charge in [0.25, 0.3) is 0 Å². The first-order valence-electron chi connectivity index (χ1n) is 5.20. The number of hydrogen-bond donors (Lipinski definition) is 0. The van der Waals surface area contributed by atoms with Crippen LogP contribution >= 0.6 is 0 Å².